The molecule has 4 rings (SSSR count). The lowest BCUT2D eigenvalue weighted by Gasteiger charge is -2.38. The number of hydrogen-bond acceptors (Lipinski definition) is 7. The van der Waals surface area contributed by atoms with E-state index in [1.807, 2.05) is 46.0 Å². The second kappa shape index (κ2) is 15.9. The molecule has 0 unspecified atom stereocenters. The van der Waals surface area contributed by atoms with Crippen molar-refractivity contribution < 1.29 is 50.9 Å². The SMILES string of the molecule is N[C@H](Cc1ccc(Cl)cc1)C(=O)N1CCN(c2ccccc2Cn2cncn2)CC1.O=C(O)C(F)(F)F.O=C(O)C(F)(F)F. The van der Waals surface area contributed by atoms with Gasteiger partial charge in [-0.15, -0.1) is 0 Å². The molecule has 1 aliphatic rings. The summed E-state index contributed by atoms with van der Waals surface area (Å²) in [5.74, 6) is -5.51. The lowest BCUT2D eigenvalue weighted by molar-refractivity contribution is -0.193. The molecule has 3 aromatic rings. The Morgan fingerprint density at radius 2 is 1.41 bits per heavy atom. The zero-order valence-corrected chi connectivity index (χ0v) is 23.4. The predicted molar refractivity (Wildman–Crippen MR) is 145 cm³/mol. The fraction of sp³-hybridized carbons (Fsp3) is 0.346. The maximum Gasteiger partial charge on any atom is 0.490 e. The fourth-order valence-electron chi connectivity index (χ4n) is 3.81. The van der Waals surface area contributed by atoms with Gasteiger partial charge in [-0.05, 0) is 35.7 Å². The zero-order chi connectivity index (χ0) is 33.1. The first kappa shape index (κ1) is 35.8. The van der Waals surface area contributed by atoms with Gasteiger partial charge in [0.15, 0.2) is 0 Å². The predicted octanol–water partition coefficient (Wildman–Crippen LogP) is 3.47. The molecule has 1 fully saturated rings. The molecular formula is C26H27ClF6N6O5. The van der Waals surface area contributed by atoms with Crippen LogP contribution in [0.25, 0.3) is 0 Å². The number of carboxylic acid groups (broad SMARTS) is 2. The van der Waals surface area contributed by atoms with Crippen molar-refractivity contribution >= 4 is 35.1 Å². The number of rotatable bonds is 6. The van der Waals surface area contributed by atoms with E-state index in [0.717, 1.165) is 18.7 Å². The molecule has 0 bridgehead atoms. The van der Waals surface area contributed by atoms with E-state index in [4.69, 9.17) is 37.1 Å². The third kappa shape index (κ3) is 11.7. The van der Waals surface area contributed by atoms with E-state index >= 15 is 0 Å². The van der Waals surface area contributed by atoms with Gasteiger partial charge in [-0.1, -0.05) is 41.9 Å². The summed E-state index contributed by atoms with van der Waals surface area (Å²) in [5, 5.41) is 19.1. The van der Waals surface area contributed by atoms with Gasteiger partial charge < -0.3 is 25.7 Å². The lowest BCUT2D eigenvalue weighted by Crippen LogP contribution is -2.53. The third-order valence-electron chi connectivity index (χ3n) is 5.89. The van der Waals surface area contributed by atoms with Crippen molar-refractivity contribution in [2.45, 2.75) is 31.4 Å². The molecule has 240 valence electrons. The quantitative estimate of drug-likeness (QED) is 0.340. The number of amides is 1. The number of hydrogen-bond donors (Lipinski definition) is 3. The standard InChI is InChI=1S/C22H25ClN6O.2C2HF3O2/c23-19-7-5-17(6-8-19)13-20(24)22(30)28-11-9-27(10-12-28)21-4-2-1-3-18(21)14-29-16-25-15-26-29;2*3-2(4,5)1(6)7/h1-8,15-16,20H,9-14,24H2;2*(H,6,7)/t20-;;/m1../s1. The third-order valence-corrected chi connectivity index (χ3v) is 6.15. The highest BCUT2D eigenvalue weighted by atomic mass is 35.5. The maximum absolute atomic E-state index is 12.8. The first-order valence-electron chi connectivity index (χ1n) is 12.5. The Hall–Kier alpha value is -4.38. The van der Waals surface area contributed by atoms with Gasteiger partial charge in [0, 0.05) is 36.9 Å². The Bertz CT molecular complexity index is 1340. The number of piperazine rings is 1. The molecule has 1 aliphatic heterocycles. The molecule has 0 saturated carbocycles. The molecule has 11 nitrogen and oxygen atoms in total. The molecular weight excluding hydrogens is 626 g/mol. The van der Waals surface area contributed by atoms with Crippen LogP contribution in [0.5, 0.6) is 0 Å². The number of halogens is 7. The average molecular weight is 653 g/mol. The molecule has 0 aliphatic carbocycles. The zero-order valence-electron chi connectivity index (χ0n) is 22.7. The van der Waals surface area contributed by atoms with Crippen molar-refractivity contribution in [3.63, 3.8) is 0 Å². The van der Waals surface area contributed by atoms with Gasteiger partial charge in [-0.25, -0.2) is 19.3 Å². The number of para-hydroxylation sites is 1. The number of nitrogens with two attached hydrogens (primary N) is 1. The van der Waals surface area contributed by atoms with E-state index in [-0.39, 0.29) is 5.91 Å². The molecule has 1 aromatic heterocycles. The highest BCUT2D eigenvalue weighted by Gasteiger charge is 2.39. The summed E-state index contributed by atoms with van der Waals surface area (Å²) in [4.78, 5) is 38.8. The molecule has 2 heterocycles. The number of aliphatic carboxylic acids is 2. The van der Waals surface area contributed by atoms with Crippen LogP contribution in [0.15, 0.2) is 61.2 Å². The number of nitrogens with zero attached hydrogens (tertiary/aromatic N) is 5. The van der Waals surface area contributed by atoms with E-state index < -0.39 is 30.3 Å². The van der Waals surface area contributed by atoms with E-state index in [1.165, 1.54) is 11.3 Å². The summed E-state index contributed by atoms with van der Waals surface area (Å²) in [5.41, 5.74) is 9.58. The first-order valence-corrected chi connectivity index (χ1v) is 12.9. The maximum atomic E-state index is 12.8. The van der Waals surface area contributed by atoms with Crippen LogP contribution in [0.3, 0.4) is 0 Å². The Morgan fingerprint density at radius 1 is 0.886 bits per heavy atom. The molecule has 2 aromatic carbocycles. The summed E-state index contributed by atoms with van der Waals surface area (Å²) in [6, 6.07) is 15.2. The molecule has 4 N–H and O–H groups in total. The van der Waals surface area contributed by atoms with Crippen molar-refractivity contribution in [1.29, 1.82) is 0 Å². The Kier molecular flexibility index (Phi) is 12.9. The number of anilines is 1. The van der Waals surface area contributed by atoms with Crippen LogP contribution in [-0.4, -0.2) is 92.3 Å². The monoisotopic (exact) mass is 652 g/mol. The lowest BCUT2D eigenvalue weighted by atomic mass is 10.0. The topological polar surface area (TPSA) is 155 Å². The first-order chi connectivity index (χ1) is 20.5. The smallest absolute Gasteiger partial charge is 0.475 e. The van der Waals surface area contributed by atoms with Crippen molar-refractivity contribution in [3.8, 4) is 0 Å². The Morgan fingerprint density at radius 3 is 1.89 bits per heavy atom. The minimum atomic E-state index is -5.08. The summed E-state index contributed by atoms with van der Waals surface area (Å²) in [6.07, 6.45) is -6.40. The average Bonchev–Trinajstić information content (AvgIpc) is 3.47. The number of carboxylic acids is 2. The van der Waals surface area contributed by atoms with Gasteiger partial charge in [0.05, 0.1) is 12.6 Å². The van der Waals surface area contributed by atoms with Crippen LogP contribution in [0.2, 0.25) is 5.02 Å². The molecule has 44 heavy (non-hydrogen) atoms. The summed E-state index contributed by atoms with van der Waals surface area (Å²) in [6.45, 7) is 3.53. The summed E-state index contributed by atoms with van der Waals surface area (Å²) in [7, 11) is 0. The van der Waals surface area contributed by atoms with Crippen molar-refractivity contribution in [1.82, 2.24) is 19.7 Å². The van der Waals surface area contributed by atoms with Crippen LogP contribution in [-0.2, 0) is 27.3 Å². The molecule has 1 saturated heterocycles. The summed E-state index contributed by atoms with van der Waals surface area (Å²) >= 11 is 5.93. The highest BCUT2D eigenvalue weighted by molar-refractivity contribution is 6.30. The minimum absolute atomic E-state index is 0.000464. The van der Waals surface area contributed by atoms with Gasteiger partial charge in [-0.2, -0.15) is 31.4 Å². The highest BCUT2D eigenvalue weighted by Crippen LogP contribution is 2.23. The van der Waals surface area contributed by atoms with E-state index in [0.29, 0.717) is 31.1 Å². The Balaban J connectivity index is 0.000000402. The van der Waals surface area contributed by atoms with Crippen molar-refractivity contribution in [2.75, 3.05) is 31.1 Å². The van der Waals surface area contributed by atoms with Crippen LogP contribution < -0.4 is 10.6 Å². The van der Waals surface area contributed by atoms with E-state index in [1.54, 1.807) is 12.7 Å². The number of aromatic nitrogens is 3. The van der Waals surface area contributed by atoms with E-state index in [9.17, 15) is 31.1 Å². The van der Waals surface area contributed by atoms with Crippen LogP contribution >= 0.6 is 11.6 Å². The van der Waals surface area contributed by atoms with Gasteiger partial charge in [-0.3, -0.25) is 4.79 Å². The number of carbonyl (C=O) groups excluding carboxylic acids is 1. The van der Waals surface area contributed by atoms with Gasteiger partial charge in [0.2, 0.25) is 5.91 Å². The van der Waals surface area contributed by atoms with E-state index in [2.05, 4.69) is 27.1 Å². The second-order valence-electron chi connectivity index (χ2n) is 9.08. The minimum Gasteiger partial charge on any atom is -0.475 e. The van der Waals surface area contributed by atoms with Gasteiger partial charge in [0.1, 0.15) is 12.7 Å². The largest absolute Gasteiger partial charge is 0.490 e. The summed E-state index contributed by atoms with van der Waals surface area (Å²) < 4.78 is 65.3. The van der Waals surface area contributed by atoms with Crippen molar-refractivity contribution in [2.24, 2.45) is 5.73 Å². The molecule has 0 radical (unpaired) electrons. The fourth-order valence-corrected chi connectivity index (χ4v) is 3.93. The number of alkyl halides is 6. The van der Waals surface area contributed by atoms with Crippen LogP contribution in [0, 0.1) is 0 Å². The Labute approximate surface area is 251 Å². The van der Waals surface area contributed by atoms with Gasteiger partial charge in [0.25, 0.3) is 0 Å². The molecule has 1 atom stereocenters. The number of carbonyl (C=O) groups is 3. The second-order valence-corrected chi connectivity index (χ2v) is 9.51. The molecule has 0 spiro atoms. The van der Waals surface area contributed by atoms with Gasteiger partial charge >= 0.3 is 24.3 Å². The molecule has 1 amide bonds. The van der Waals surface area contributed by atoms with Crippen LogP contribution in [0.4, 0.5) is 32.0 Å². The molecule has 18 heteroatoms. The normalized spacial score (nSPS) is 14.0. The van der Waals surface area contributed by atoms with Crippen molar-refractivity contribution in [3.05, 3.63) is 77.3 Å². The van der Waals surface area contributed by atoms with Crippen LogP contribution in [0.1, 0.15) is 11.1 Å². The number of benzene rings is 2.